The van der Waals surface area contributed by atoms with Gasteiger partial charge in [0.1, 0.15) is 11.1 Å². The molecule has 0 radical (unpaired) electrons. The summed E-state index contributed by atoms with van der Waals surface area (Å²) < 4.78 is 25.3. The lowest BCUT2D eigenvalue weighted by molar-refractivity contribution is -0.134. The van der Waals surface area contributed by atoms with E-state index >= 15 is 0 Å². The van der Waals surface area contributed by atoms with Crippen LogP contribution >= 0.6 is 11.6 Å². The van der Waals surface area contributed by atoms with Crippen molar-refractivity contribution in [1.29, 1.82) is 0 Å². The molecule has 2 aromatic rings. The maximum Gasteiger partial charge on any atom is 0.329 e. The Morgan fingerprint density at radius 3 is 2.23 bits per heavy atom. The molecule has 0 aromatic heterocycles. The molecule has 5 heteroatoms. The molecule has 0 aliphatic heterocycles. The molecular formula is C25H32ClFO3. The predicted molar refractivity (Wildman–Crippen MR) is 121 cm³/mol. The van der Waals surface area contributed by atoms with Gasteiger partial charge in [-0.3, -0.25) is 4.79 Å². The Balaban J connectivity index is 1.89. The van der Waals surface area contributed by atoms with E-state index in [-0.39, 0.29) is 17.5 Å². The number of carbonyl (C=O) groups excluding carboxylic acids is 1. The minimum atomic E-state index is -0.692. The molecule has 0 aliphatic carbocycles. The molecule has 0 aliphatic rings. The lowest BCUT2D eigenvalue weighted by atomic mass is 10.1. The molecule has 1 atom stereocenters. The third-order valence-electron chi connectivity index (χ3n) is 4.90. The van der Waals surface area contributed by atoms with Gasteiger partial charge in [0.15, 0.2) is 11.6 Å². The van der Waals surface area contributed by atoms with Gasteiger partial charge in [-0.25, -0.2) is 4.39 Å². The topological polar surface area (TPSA) is 35.5 Å². The minimum Gasteiger partial charge on any atom is -0.491 e. The molecule has 0 saturated carbocycles. The third-order valence-corrected chi connectivity index (χ3v) is 5.59. The number of alkyl halides is 1. The van der Waals surface area contributed by atoms with Crippen molar-refractivity contribution in [1.82, 2.24) is 0 Å². The number of halogens is 2. The molecule has 1 unspecified atom stereocenters. The van der Waals surface area contributed by atoms with Crippen molar-refractivity contribution in [3.8, 4) is 22.6 Å². The first-order chi connectivity index (χ1) is 14.4. The van der Waals surface area contributed by atoms with Gasteiger partial charge in [0.05, 0.1) is 6.61 Å². The van der Waals surface area contributed by atoms with Gasteiger partial charge >= 0.3 is 5.97 Å². The van der Waals surface area contributed by atoms with E-state index in [0.717, 1.165) is 24.0 Å². The summed E-state index contributed by atoms with van der Waals surface area (Å²) in [5.74, 6) is -0.175. The van der Waals surface area contributed by atoms with E-state index in [1.165, 1.54) is 31.7 Å². The van der Waals surface area contributed by atoms with Gasteiger partial charge < -0.3 is 9.47 Å². The fourth-order valence-electron chi connectivity index (χ4n) is 3.02. The molecule has 0 fully saturated rings. The minimum absolute atomic E-state index is 0.0109. The highest BCUT2D eigenvalue weighted by molar-refractivity contribution is 6.30. The zero-order valence-corrected chi connectivity index (χ0v) is 18.9. The van der Waals surface area contributed by atoms with Gasteiger partial charge in [0.25, 0.3) is 0 Å². The van der Waals surface area contributed by atoms with Crippen molar-refractivity contribution in [2.24, 2.45) is 5.92 Å². The number of unbranched alkanes of at least 4 members (excludes halogenated alkanes) is 5. The highest BCUT2D eigenvalue weighted by atomic mass is 35.5. The van der Waals surface area contributed by atoms with Crippen LogP contribution in [0.25, 0.3) is 11.1 Å². The molecule has 0 N–H and O–H groups in total. The first kappa shape index (κ1) is 24.2. The van der Waals surface area contributed by atoms with Gasteiger partial charge in [0.2, 0.25) is 0 Å². The van der Waals surface area contributed by atoms with Gasteiger partial charge in [-0.2, -0.15) is 0 Å². The molecule has 0 amide bonds. The summed E-state index contributed by atoms with van der Waals surface area (Å²) in [6.45, 7) is 6.44. The highest BCUT2D eigenvalue weighted by Gasteiger charge is 2.21. The lowest BCUT2D eigenvalue weighted by Crippen LogP contribution is -2.25. The van der Waals surface area contributed by atoms with Crippen LogP contribution in [0.3, 0.4) is 0 Å². The fraction of sp³-hybridized carbons (Fsp3) is 0.480. The normalized spacial score (nSPS) is 12.1. The Labute approximate surface area is 184 Å². The first-order valence-corrected chi connectivity index (χ1v) is 11.2. The molecule has 0 saturated heterocycles. The Bertz CT molecular complexity index is 789. The molecule has 0 bridgehead atoms. The Morgan fingerprint density at radius 2 is 1.60 bits per heavy atom. The maximum atomic E-state index is 14.4. The third kappa shape index (κ3) is 7.64. The number of ether oxygens (including phenoxy) is 2. The Kier molecular flexibility index (Phi) is 10.2. The average molecular weight is 435 g/mol. The van der Waals surface area contributed by atoms with Crippen molar-refractivity contribution < 1.29 is 18.7 Å². The molecular weight excluding hydrogens is 403 g/mol. The first-order valence-electron chi connectivity index (χ1n) is 10.8. The van der Waals surface area contributed by atoms with E-state index in [2.05, 4.69) is 6.92 Å². The van der Waals surface area contributed by atoms with E-state index < -0.39 is 11.3 Å². The fourth-order valence-corrected chi connectivity index (χ4v) is 3.07. The van der Waals surface area contributed by atoms with Crippen molar-refractivity contribution >= 4 is 17.6 Å². The molecule has 3 nitrogen and oxygen atoms in total. The smallest absolute Gasteiger partial charge is 0.329 e. The molecule has 164 valence electrons. The molecule has 2 aromatic carbocycles. The number of hydrogen-bond acceptors (Lipinski definition) is 3. The zero-order chi connectivity index (χ0) is 21.9. The second kappa shape index (κ2) is 12.6. The van der Waals surface area contributed by atoms with Gasteiger partial charge in [-0.1, -0.05) is 71.1 Å². The van der Waals surface area contributed by atoms with E-state index in [4.69, 9.17) is 21.1 Å². The van der Waals surface area contributed by atoms with Crippen LogP contribution in [0.5, 0.6) is 11.5 Å². The Morgan fingerprint density at radius 1 is 0.967 bits per heavy atom. The van der Waals surface area contributed by atoms with Crippen molar-refractivity contribution in [2.45, 2.75) is 64.7 Å². The van der Waals surface area contributed by atoms with Gasteiger partial charge in [-0.05, 0) is 47.7 Å². The second-order valence-electron chi connectivity index (χ2n) is 7.85. The summed E-state index contributed by atoms with van der Waals surface area (Å²) in [5.41, 5.74) is 1.55. The van der Waals surface area contributed by atoms with E-state index in [1.807, 2.05) is 19.9 Å². The van der Waals surface area contributed by atoms with Crippen LogP contribution in [0, 0.1) is 11.7 Å². The highest BCUT2D eigenvalue weighted by Crippen LogP contribution is 2.28. The molecule has 0 spiro atoms. The van der Waals surface area contributed by atoms with Crippen molar-refractivity contribution in [3.63, 3.8) is 0 Å². The van der Waals surface area contributed by atoms with Crippen LogP contribution in [0.15, 0.2) is 42.5 Å². The number of hydrogen-bond donors (Lipinski definition) is 0. The lowest BCUT2D eigenvalue weighted by Gasteiger charge is -2.13. The van der Waals surface area contributed by atoms with E-state index in [0.29, 0.717) is 12.4 Å². The van der Waals surface area contributed by atoms with E-state index in [1.54, 1.807) is 30.3 Å². The maximum absolute atomic E-state index is 14.4. The summed E-state index contributed by atoms with van der Waals surface area (Å²) in [6.07, 6.45) is 7.00. The average Bonchev–Trinajstić information content (AvgIpc) is 2.74. The summed E-state index contributed by atoms with van der Waals surface area (Å²) in [5, 5.41) is -0.692. The van der Waals surface area contributed by atoms with E-state index in [9.17, 15) is 9.18 Å². The SMILES string of the molecule is CCCCCCCCOc1ccc(-c2ccc(OC(=O)C(Cl)C(C)C)cc2)cc1F. The molecule has 30 heavy (non-hydrogen) atoms. The number of esters is 1. The number of carbonyl (C=O) groups is 1. The zero-order valence-electron chi connectivity index (χ0n) is 18.1. The monoisotopic (exact) mass is 434 g/mol. The van der Waals surface area contributed by atoms with Gasteiger partial charge in [0, 0.05) is 0 Å². The molecule has 2 rings (SSSR count). The second-order valence-corrected chi connectivity index (χ2v) is 8.32. The van der Waals surface area contributed by atoms with Crippen LogP contribution < -0.4 is 9.47 Å². The summed E-state index contributed by atoms with van der Waals surface area (Å²) >= 11 is 6.02. The number of benzene rings is 2. The van der Waals surface area contributed by atoms with Crippen LogP contribution in [-0.4, -0.2) is 18.0 Å². The van der Waals surface area contributed by atoms with Crippen LogP contribution in [0.2, 0.25) is 0 Å². The summed E-state index contributed by atoms with van der Waals surface area (Å²) in [6, 6.07) is 11.9. The van der Waals surface area contributed by atoms with Crippen molar-refractivity contribution in [3.05, 3.63) is 48.3 Å². The predicted octanol–water partition coefficient (Wildman–Crippen LogP) is 7.40. The van der Waals surface area contributed by atoms with Crippen LogP contribution in [0.1, 0.15) is 59.3 Å². The van der Waals surface area contributed by atoms with Crippen molar-refractivity contribution in [2.75, 3.05) is 6.61 Å². The number of rotatable bonds is 12. The summed E-state index contributed by atoms with van der Waals surface area (Å²) in [7, 11) is 0. The largest absolute Gasteiger partial charge is 0.491 e. The molecule has 0 heterocycles. The summed E-state index contributed by atoms with van der Waals surface area (Å²) in [4.78, 5) is 11.9. The van der Waals surface area contributed by atoms with Gasteiger partial charge in [-0.15, -0.1) is 11.6 Å². The Hall–Kier alpha value is -2.07. The van der Waals surface area contributed by atoms with Crippen LogP contribution in [-0.2, 0) is 4.79 Å². The standard InChI is InChI=1S/C25H32ClFO3/c1-4-5-6-7-8-9-16-29-23-15-12-20(17-22(23)27)19-10-13-21(14-11-19)30-25(28)24(26)18(2)3/h10-15,17-18,24H,4-9,16H2,1-3H3. The quantitative estimate of drug-likeness (QED) is 0.151. The van der Waals surface area contributed by atoms with Crippen LogP contribution in [0.4, 0.5) is 4.39 Å².